The first-order valence-electron chi connectivity index (χ1n) is 6.74. The Kier molecular flexibility index (Phi) is 3.65. The van der Waals surface area contributed by atoms with E-state index in [4.69, 9.17) is 9.15 Å². The Hall–Kier alpha value is -3.02. The number of oxazole rings is 1. The summed E-state index contributed by atoms with van der Waals surface area (Å²) in [4.78, 5) is 16.3. The van der Waals surface area contributed by atoms with E-state index in [2.05, 4.69) is 15.6 Å². The van der Waals surface area contributed by atoms with Gasteiger partial charge in [-0.1, -0.05) is 12.1 Å². The molecule has 3 aromatic rings. The summed E-state index contributed by atoms with van der Waals surface area (Å²) < 4.78 is 10.6. The lowest BCUT2D eigenvalue weighted by Gasteiger charge is -2.10. The number of aromatic nitrogens is 1. The Bertz CT molecular complexity index is 826. The van der Waals surface area contributed by atoms with Crippen LogP contribution in [0.25, 0.3) is 11.1 Å². The second-order valence-electron chi connectivity index (χ2n) is 4.69. The average Bonchev–Trinajstić information content (AvgIpc) is 2.87. The van der Waals surface area contributed by atoms with Gasteiger partial charge in [-0.25, -0.2) is 9.78 Å². The molecular formula is C16H15N3O3. The number of methoxy groups -OCH3 is 1. The van der Waals surface area contributed by atoms with E-state index in [1.807, 2.05) is 12.1 Å². The van der Waals surface area contributed by atoms with E-state index >= 15 is 0 Å². The van der Waals surface area contributed by atoms with Gasteiger partial charge in [0, 0.05) is 12.6 Å². The molecule has 22 heavy (non-hydrogen) atoms. The Morgan fingerprint density at radius 1 is 1.18 bits per heavy atom. The largest absolute Gasteiger partial charge is 0.495 e. The highest BCUT2D eigenvalue weighted by molar-refractivity contribution is 6.01. The fraction of sp³-hybridized carbons (Fsp3) is 0.125. The minimum atomic E-state index is -0.357. The number of rotatable bonds is 3. The first-order valence-corrected chi connectivity index (χ1v) is 6.74. The summed E-state index contributed by atoms with van der Waals surface area (Å²) in [5.74, 6) is 1.19. The molecule has 2 aromatic carbocycles. The van der Waals surface area contributed by atoms with Crippen molar-refractivity contribution in [3.8, 4) is 5.75 Å². The molecule has 0 atom stereocenters. The molecule has 6 heteroatoms. The number of anilines is 2. The van der Waals surface area contributed by atoms with Gasteiger partial charge >= 0.3 is 6.03 Å². The highest BCUT2D eigenvalue weighted by Crippen LogP contribution is 2.24. The van der Waals surface area contributed by atoms with Crippen LogP contribution in [0.3, 0.4) is 0 Å². The zero-order chi connectivity index (χ0) is 15.5. The van der Waals surface area contributed by atoms with Crippen molar-refractivity contribution in [1.29, 1.82) is 0 Å². The van der Waals surface area contributed by atoms with Crippen molar-refractivity contribution < 1.29 is 13.9 Å². The van der Waals surface area contributed by atoms with Crippen LogP contribution in [0.15, 0.2) is 46.9 Å². The minimum Gasteiger partial charge on any atom is -0.495 e. The van der Waals surface area contributed by atoms with E-state index in [1.165, 1.54) is 0 Å². The van der Waals surface area contributed by atoms with Gasteiger partial charge in [-0.3, -0.25) is 0 Å². The van der Waals surface area contributed by atoms with Crippen molar-refractivity contribution in [2.24, 2.45) is 0 Å². The molecule has 0 fully saturated rings. The third-order valence-corrected chi connectivity index (χ3v) is 3.11. The predicted molar refractivity (Wildman–Crippen MR) is 84.4 cm³/mol. The first kappa shape index (κ1) is 13.9. The predicted octanol–water partition coefficient (Wildman–Crippen LogP) is 3.79. The lowest BCUT2D eigenvalue weighted by atomic mass is 10.3. The van der Waals surface area contributed by atoms with Crippen LogP contribution in [0.5, 0.6) is 5.75 Å². The Labute approximate surface area is 127 Å². The van der Waals surface area contributed by atoms with E-state index in [-0.39, 0.29) is 6.03 Å². The number of hydrogen-bond acceptors (Lipinski definition) is 4. The molecule has 3 rings (SSSR count). The summed E-state index contributed by atoms with van der Waals surface area (Å²) in [6.07, 6.45) is 0. The van der Waals surface area contributed by atoms with E-state index in [0.29, 0.717) is 34.1 Å². The van der Waals surface area contributed by atoms with Gasteiger partial charge in [-0.05, 0) is 30.3 Å². The minimum absolute atomic E-state index is 0.357. The van der Waals surface area contributed by atoms with Crippen LogP contribution in [-0.4, -0.2) is 18.1 Å². The number of carbonyl (C=O) groups is 1. The van der Waals surface area contributed by atoms with Crippen LogP contribution < -0.4 is 15.4 Å². The molecule has 112 valence electrons. The SMILES string of the molecule is COc1ccccc1NC(=O)Nc1ccc2oc(C)nc2c1. The third-order valence-electron chi connectivity index (χ3n) is 3.11. The number of nitrogens with one attached hydrogen (secondary N) is 2. The molecule has 0 unspecified atom stereocenters. The van der Waals surface area contributed by atoms with Gasteiger partial charge in [0.25, 0.3) is 0 Å². The monoisotopic (exact) mass is 297 g/mol. The number of para-hydroxylation sites is 2. The zero-order valence-electron chi connectivity index (χ0n) is 12.2. The summed E-state index contributed by atoms with van der Waals surface area (Å²) in [5.41, 5.74) is 2.62. The van der Waals surface area contributed by atoms with Crippen molar-refractivity contribution in [3.63, 3.8) is 0 Å². The maximum atomic E-state index is 12.1. The number of fused-ring (bicyclic) bond motifs is 1. The summed E-state index contributed by atoms with van der Waals surface area (Å²) in [7, 11) is 1.55. The standard InChI is InChI=1S/C16H15N3O3/c1-10-17-13-9-11(7-8-15(13)22-10)18-16(20)19-12-5-3-4-6-14(12)21-2/h3-9H,1-2H3,(H2,18,19,20). The summed E-state index contributed by atoms with van der Waals surface area (Å²) >= 11 is 0. The summed E-state index contributed by atoms with van der Waals surface area (Å²) in [5, 5.41) is 5.50. The van der Waals surface area contributed by atoms with Gasteiger partial charge in [0.05, 0.1) is 12.8 Å². The van der Waals surface area contributed by atoms with E-state index in [9.17, 15) is 4.79 Å². The Balaban J connectivity index is 1.75. The summed E-state index contributed by atoms with van der Waals surface area (Å²) in [6, 6.07) is 12.1. The highest BCUT2D eigenvalue weighted by atomic mass is 16.5. The second kappa shape index (κ2) is 5.77. The number of benzene rings is 2. The number of carbonyl (C=O) groups excluding carboxylic acids is 1. The number of ether oxygens (including phenoxy) is 1. The fourth-order valence-corrected chi connectivity index (χ4v) is 2.15. The third kappa shape index (κ3) is 2.85. The molecule has 2 N–H and O–H groups in total. The molecule has 0 radical (unpaired) electrons. The van der Waals surface area contributed by atoms with Crippen molar-refractivity contribution in [1.82, 2.24) is 4.98 Å². The molecule has 6 nitrogen and oxygen atoms in total. The fourth-order valence-electron chi connectivity index (χ4n) is 2.15. The van der Waals surface area contributed by atoms with Crippen molar-refractivity contribution in [3.05, 3.63) is 48.4 Å². The molecule has 0 aliphatic heterocycles. The number of hydrogen-bond donors (Lipinski definition) is 2. The maximum Gasteiger partial charge on any atom is 0.323 e. The van der Waals surface area contributed by atoms with Crippen LogP contribution in [-0.2, 0) is 0 Å². The lowest BCUT2D eigenvalue weighted by Crippen LogP contribution is -2.19. The van der Waals surface area contributed by atoms with Crippen LogP contribution >= 0.6 is 0 Å². The van der Waals surface area contributed by atoms with Crippen LogP contribution in [0.2, 0.25) is 0 Å². The second-order valence-corrected chi connectivity index (χ2v) is 4.69. The van der Waals surface area contributed by atoms with E-state index in [0.717, 1.165) is 0 Å². The molecule has 0 bridgehead atoms. The zero-order valence-corrected chi connectivity index (χ0v) is 12.2. The molecular weight excluding hydrogens is 282 g/mol. The molecule has 1 heterocycles. The van der Waals surface area contributed by atoms with Crippen molar-refractivity contribution in [2.75, 3.05) is 17.7 Å². The number of aryl methyl sites for hydroxylation is 1. The van der Waals surface area contributed by atoms with E-state index < -0.39 is 0 Å². The summed E-state index contributed by atoms with van der Waals surface area (Å²) in [6.45, 7) is 1.78. The molecule has 0 aliphatic rings. The average molecular weight is 297 g/mol. The highest BCUT2D eigenvalue weighted by Gasteiger charge is 2.08. The topological polar surface area (TPSA) is 76.4 Å². The molecule has 2 amide bonds. The number of amides is 2. The Morgan fingerprint density at radius 2 is 2.00 bits per heavy atom. The van der Waals surface area contributed by atoms with Gasteiger partial charge < -0.3 is 19.8 Å². The molecule has 0 saturated heterocycles. The van der Waals surface area contributed by atoms with Crippen LogP contribution in [0.1, 0.15) is 5.89 Å². The Morgan fingerprint density at radius 3 is 2.82 bits per heavy atom. The van der Waals surface area contributed by atoms with Gasteiger partial charge in [0.2, 0.25) is 0 Å². The lowest BCUT2D eigenvalue weighted by molar-refractivity contribution is 0.262. The number of urea groups is 1. The van der Waals surface area contributed by atoms with Crippen molar-refractivity contribution in [2.45, 2.75) is 6.92 Å². The van der Waals surface area contributed by atoms with Gasteiger partial charge in [0.15, 0.2) is 11.5 Å². The normalized spacial score (nSPS) is 10.5. The maximum absolute atomic E-state index is 12.1. The molecule has 0 spiro atoms. The molecule has 0 saturated carbocycles. The quantitative estimate of drug-likeness (QED) is 0.771. The van der Waals surface area contributed by atoms with Crippen LogP contribution in [0.4, 0.5) is 16.2 Å². The molecule has 1 aromatic heterocycles. The number of nitrogens with zero attached hydrogens (tertiary/aromatic N) is 1. The van der Waals surface area contributed by atoms with Crippen LogP contribution in [0, 0.1) is 6.92 Å². The van der Waals surface area contributed by atoms with Gasteiger partial charge in [0.1, 0.15) is 11.3 Å². The van der Waals surface area contributed by atoms with Gasteiger partial charge in [-0.2, -0.15) is 0 Å². The first-order chi connectivity index (χ1) is 10.7. The molecule has 0 aliphatic carbocycles. The van der Waals surface area contributed by atoms with Gasteiger partial charge in [-0.15, -0.1) is 0 Å². The smallest absolute Gasteiger partial charge is 0.323 e. The van der Waals surface area contributed by atoms with Crippen molar-refractivity contribution >= 4 is 28.5 Å². The van der Waals surface area contributed by atoms with E-state index in [1.54, 1.807) is 44.4 Å².